The molecule has 2 aromatic rings. The highest BCUT2D eigenvalue weighted by atomic mass is 32.2. The Kier molecular flexibility index (Phi) is 13.1. The summed E-state index contributed by atoms with van der Waals surface area (Å²) in [5.74, 6) is 0. The number of nitrogens with zero attached hydrogens (tertiary/aromatic N) is 1. The minimum absolute atomic E-state index is 0.301. The van der Waals surface area contributed by atoms with Crippen molar-refractivity contribution in [2.75, 3.05) is 4.31 Å². The monoisotopic (exact) mass is 553 g/mol. The maximum atomic E-state index is 13.7. The zero-order chi connectivity index (χ0) is 28.1. The van der Waals surface area contributed by atoms with E-state index < -0.39 is 10.0 Å². The summed E-state index contributed by atoms with van der Waals surface area (Å²) in [6.45, 7) is 8.51. The topological polar surface area (TPSA) is 57.6 Å². The Morgan fingerprint density at radius 2 is 1.33 bits per heavy atom. The van der Waals surface area contributed by atoms with Crippen LogP contribution in [0.4, 0.5) is 5.69 Å². The van der Waals surface area contributed by atoms with Gasteiger partial charge in [0.1, 0.15) is 0 Å². The van der Waals surface area contributed by atoms with Crippen LogP contribution in [0.3, 0.4) is 0 Å². The summed E-state index contributed by atoms with van der Waals surface area (Å²) in [6.07, 6.45) is 18.4. The predicted octanol–water partition coefficient (Wildman–Crippen LogP) is 9.21. The number of rotatable bonds is 19. The Balaban J connectivity index is 1.41. The Morgan fingerprint density at radius 1 is 0.795 bits per heavy atom. The first kappa shape index (κ1) is 31.4. The molecule has 0 saturated heterocycles. The average molecular weight is 554 g/mol. The Labute approximate surface area is 238 Å². The number of hydrogen-bond acceptors (Lipinski definition) is 3. The molecule has 39 heavy (non-hydrogen) atoms. The molecule has 0 fully saturated rings. The highest BCUT2D eigenvalue weighted by molar-refractivity contribution is 7.93. The second-order valence-corrected chi connectivity index (χ2v) is 13.2. The van der Waals surface area contributed by atoms with Gasteiger partial charge in [-0.1, -0.05) is 126 Å². The van der Waals surface area contributed by atoms with E-state index in [1.807, 2.05) is 43.3 Å². The predicted molar refractivity (Wildman–Crippen MR) is 166 cm³/mol. The van der Waals surface area contributed by atoms with Gasteiger partial charge in [0.05, 0.1) is 22.7 Å². The normalized spacial score (nSPS) is 16.0. The summed E-state index contributed by atoms with van der Waals surface area (Å²) < 4.78 is 29.0. The zero-order valence-electron chi connectivity index (χ0n) is 24.4. The lowest BCUT2D eigenvalue weighted by Gasteiger charge is -2.27. The van der Waals surface area contributed by atoms with Crippen molar-refractivity contribution in [3.8, 4) is 0 Å². The minimum Gasteiger partial charge on any atom is -0.393 e. The van der Waals surface area contributed by atoms with Gasteiger partial charge in [-0.3, -0.25) is 4.31 Å². The molecule has 1 heterocycles. The molecule has 2 aromatic carbocycles. The number of aryl methyl sites for hydroxylation is 1. The van der Waals surface area contributed by atoms with Crippen LogP contribution in [-0.2, 0) is 10.0 Å². The van der Waals surface area contributed by atoms with Crippen LogP contribution in [0.25, 0.3) is 5.57 Å². The first-order valence-corrected chi connectivity index (χ1v) is 16.9. The minimum atomic E-state index is -3.73. The van der Waals surface area contributed by atoms with Crippen LogP contribution in [0, 0.1) is 6.92 Å². The number of fused-ring (bicyclic) bond motifs is 1. The van der Waals surface area contributed by atoms with Gasteiger partial charge >= 0.3 is 0 Å². The van der Waals surface area contributed by atoms with Crippen molar-refractivity contribution >= 4 is 21.3 Å². The number of anilines is 1. The van der Waals surface area contributed by atoms with Crippen LogP contribution in [-0.4, -0.2) is 25.7 Å². The smallest absolute Gasteiger partial charge is 0.264 e. The first-order valence-electron chi connectivity index (χ1n) is 15.4. The van der Waals surface area contributed by atoms with Crippen LogP contribution < -0.4 is 4.31 Å². The molecule has 0 saturated carbocycles. The molecular weight excluding hydrogens is 502 g/mol. The maximum absolute atomic E-state index is 13.7. The molecule has 5 heteroatoms. The standard InChI is InChI=1S/C34H51NO3S/c1-4-5-6-7-8-9-10-11-12-13-14-15-19-30(36)20-18-23-33-29(3)32-21-16-17-22-34(32)35(33)39(37,38)31-26-24-28(2)25-27-31/h16-17,21-22,24-27,30,33,36H,3-15,18-20,23H2,1-2H3. The molecule has 216 valence electrons. The number of para-hydroxylation sites is 1. The van der Waals surface area contributed by atoms with Crippen molar-refractivity contribution in [3.05, 3.63) is 66.2 Å². The highest BCUT2D eigenvalue weighted by Gasteiger charge is 2.40. The van der Waals surface area contributed by atoms with Gasteiger partial charge in [-0.2, -0.15) is 0 Å². The quantitative estimate of drug-likeness (QED) is 0.176. The molecule has 2 atom stereocenters. The summed E-state index contributed by atoms with van der Waals surface area (Å²) in [5.41, 5.74) is 3.47. The Bertz CT molecular complexity index is 1110. The number of sulfonamides is 1. The molecule has 1 aliphatic rings. The molecule has 0 amide bonds. The summed E-state index contributed by atoms with van der Waals surface area (Å²) in [5, 5.41) is 10.6. The van der Waals surface area contributed by atoms with E-state index in [1.54, 1.807) is 16.4 Å². The van der Waals surface area contributed by atoms with E-state index in [0.717, 1.165) is 36.0 Å². The number of aliphatic hydroxyl groups is 1. The zero-order valence-corrected chi connectivity index (χ0v) is 25.2. The Morgan fingerprint density at radius 3 is 1.95 bits per heavy atom. The first-order chi connectivity index (χ1) is 18.9. The molecule has 2 unspecified atom stereocenters. The molecular formula is C34H51NO3S. The fraction of sp³-hybridized carbons (Fsp3) is 0.588. The molecule has 0 spiro atoms. The third-order valence-electron chi connectivity index (χ3n) is 8.16. The molecule has 4 nitrogen and oxygen atoms in total. The van der Waals surface area contributed by atoms with Crippen LogP contribution in [0.1, 0.15) is 121 Å². The number of benzene rings is 2. The lowest BCUT2D eigenvalue weighted by atomic mass is 9.98. The van der Waals surface area contributed by atoms with Crippen molar-refractivity contribution in [1.82, 2.24) is 0 Å². The molecule has 0 bridgehead atoms. The molecule has 1 aliphatic heterocycles. The van der Waals surface area contributed by atoms with Crippen molar-refractivity contribution in [2.45, 2.75) is 134 Å². The average Bonchev–Trinajstić information content (AvgIpc) is 3.21. The van der Waals surface area contributed by atoms with Gasteiger partial charge in [-0.15, -0.1) is 0 Å². The van der Waals surface area contributed by atoms with E-state index in [1.165, 1.54) is 70.6 Å². The van der Waals surface area contributed by atoms with E-state index in [2.05, 4.69) is 13.5 Å². The van der Waals surface area contributed by atoms with Crippen molar-refractivity contribution in [2.24, 2.45) is 0 Å². The van der Waals surface area contributed by atoms with Gasteiger partial charge in [0.15, 0.2) is 0 Å². The summed E-state index contributed by atoms with van der Waals surface area (Å²) in [4.78, 5) is 0.301. The number of unbranched alkanes of at least 4 members (excludes halogenated alkanes) is 11. The molecule has 3 rings (SSSR count). The number of hydrogen-bond donors (Lipinski definition) is 1. The van der Waals surface area contributed by atoms with Crippen molar-refractivity contribution < 1.29 is 13.5 Å². The van der Waals surface area contributed by atoms with Gasteiger partial charge in [0, 0.05) is 5.56 Å². The van der Waals surface area contributed by atoms with E-state index in [0.29, 0.717) is 23.4 Å². The maximum Gasteiger partial charge on any atom is 0.264 e. The van der Waals surface area contributed by atoms with E-state index in [-0.39, 0.29) is 12.1 Å². The van der Waals surface area contributed by atoms with Crippen LogP contribution in [0.15, 0.2) is 60.0 Å². The summed E-state index contributed by atoms with van der Waals surface area (Å²) >= 11 is 0. The van der Waals surface area contributed by atoms with E-state index in [4.69, 9.17) is 0 Å². The van der Waals surface area contributed by atoms with Crippen molar-refractivity contribution in [3.63, 3.8) is 0 Å². The lowest BCUT2D eigenvalue weighted by Crippen LogP contribution is -2.37. The van der Waals surface area contributed by atoms with E-state index in [9.17, 15) is 13.5 Å². The molecule has 0 aliphatic carbocycles. The van der Waals surface area contributed by atoms with Gasteiger partial charge in [-0.05, 0) is 56.4 Å². The van der Waals surface area contributed by atoms with Crippen LogP contribution in [0.2, 0.25) is 0 Å². The second-order valence-electron chi connectivity index (χ2n) is 11.4. The van der Waals surface area contributed by atoms with Crippen LogP contribution >= 0.6 is 0 Å². The van der Waals surface area contributed by atoms with E-state index >= 15 is 0 Å². The van der Waals surface area contributed by atoms with Crippen LogP contribution in [0.5, 0.6) is 0 Å². The summed E-state index contributed by atoms with van der Waals surface area (Å²) in [7, 11) is -3.73. The second kappa shape index (κ2) is 16.2. The fourth-order valence-corrected chi connectivity index (χ4v) is 7.44. The SMILES string of the molecule is C=C1c2ccccc2N(S(=O)(=O)c2ccc(C)cc2)C1CCCC(O)CCCCCCCCCCCCCC. The molecule has 1 N–H and O–H groups in total. The highest BCUT2D eigenvalue weighted by Crippen LogP contribution is 2.44. The van der Waals surface area contributed by atoms with Gasteiger partial charge in [-0.25, -0.2) is 8.42 Å². The van der Waals surface area contributed by atoms with Crippen molar-refractivity contribution in [1.29, 1.82) is 0 Å². The van der Waals surface area contributed by atoms with Gasteiger partial charge in [0.2, 0.25) is 0 Å². The van der Waals surface area contributed by atoms with Gasteiger partial charge in [0.25, 0.3) is 10.0 Å². The summed E-state index contributed by atoms with van der Waals surface area (Å²) in [6, 6.07) is 14.4. The Hall–Kier alpha value is -2.11. The van der Waals surface area contributed by atoms with Gasteiger partial charge < -0.3 is 5.11 Å². The molecule has 0 radical (unpaired) electrons. The largest absolute Gasteiger partial charge is 0.393 e. The third-order valence-corrected chi connectivity index (χ3v) is 9.99. The third kappa shape index (κ3) is 9.21. The molecule has 0 aromatic heterocycles. The lowest BCUT2D eigenvalue weighted by molar-refractivity contribution is 0.147. The number of aliphatic hydroxyl groups excluding tert-OH is 1. The fourth-order valence-electron chi connectivity index (χ4n) is 5.75.